The zero-order chi connectivity index (χ0) is 9.00. The van der Waals surface area contributed by atoms with Crippen molar-refractivity contribution in [2.24, 2.45) is 5.92 Å². The Morgan fingerprint density at radius 3 is 2.46 bits per heavy atom. The molecule has 1 aromatic carbocycles. The van der Waals surface area contributed by atoms with Crippen LogP contribution in [0.5, 0.6) is 0 Å². The molecule has 2 aliphatic rings. The lowest BCUT2D eigenvalue weighted by molar-refractivity contribution is 0.532. The summed E-state index contributed by atoms with van der Waals surface area (Å²) in [4.78, 5) is 0. The van der Waals surface area contributed by atoms with E-state index in [-0.39, 0.29) is 0 Å². The Hall–Kier alpha value is -1.04. The van der Waals surface area contributed by atoms with E-state index in [9.17, 15) is 0 Å². The van der Waals surface area contributed by atoms with Gasteiger partial charge in [-0.3, -0.25) is 0 Å². The van der Waals surface area contributed by atoms with Gasteiger partial charge in [0, 0.05) is 0 Å². The molecule has 13 heavy (non-hydrogen) atoms. The van der Waals surface area contributed by atoms with Crippen LogP contribution in [0.15, 0.2) is 12.1 Å². The first-order chi connectivity index (χ1) is 6.25. The second-order valence-electron chi connectivity index (χ2n) is 4.48. The van der Waals surface area contributed by atoms with E-state index in [0.717, 1.165) is 11.8 Å². The zero-order valence-corrected chi connectivity index (χ0v) is 8.17. The van der Waals surface area contributed by atoms with Gasteiger partial charge < -0.3 is 0 Å². The third-order valence-corrected chi connectivity index (χ3v) is 3.67. The molecular formula is C13H14. The van der Waals surface area contributed by atoms with Crippen molar-refractivity contribution >= 4 is 12.2 Å². The van der Waals surface area contributed by atoms with Crippen LogP contribution in [-0.4, -0.2) is 0 Å². The Kier molecular flexibility index (Phi) is 1.28. The Balaban J connectivity index is 2.17. The minimum Gasteiger partial charge on any atom is -0.0616 e. The highest BCUT2D eigenvalue weighted by molar-refractivity contribution is 5.86. The van der Waals surface area contributed by atoms with Gasteiger partial charge in [0.2, 0.25) is 0 Å². The first-order valence-electron chi connectivity index (χ1n) is 5.10. The summed E-state index contributed by atoms with van der Waals surface area (Å²) in [6.07, 6.45) is 5.70. The van der Waals surface area contributed by atoms with Crippen LogP contribution in [0.3, 0.4) is 0 Å². The molecule has 0 spiro atoms. The van der Waals surface area contributed by atoms with Gasteiger partial charge in [-0.05, 0) is 40.5 Å². The van der Waals surface area contributed by atoms with Crippen LogP contribution < -0.4 is 0 Å². The van der Waals surface area contributed by atoms with E-state index in [1.807, 2.05) is 0 Å². The van der Waals surface area contributed by atoms with Crippen molar-refractivity contribution in [3.63, 3.8) is 0 Å². The summed E-state index contributed by atoms with van der Waals surface area (Å²) in [5.74, 6) is 1.59. The standard InChI is InChI=1S/C13H14/c1-8-5-12-6-10-3-4-11(10)7-13(12)9(8)2/h3-4,6-9H,5H2,1-2H3. The van der Waals surface area contributed by atoms with Crippen molar-refractivity contribution in [3.05, 3.63) is 34.4 Å². The molecule has 0 heteroatoms. The van der Waals surface area contributed by atoms with Crippen molar-refractivity contribution in [1.82, 2.24) is 0 Å². The summed E-state index contributed by atoms with van der Waals surface area (Å²) in [6, 6.07) is 4.77. The number of hydrogen-bond acceptors (Lipinski definition) is 0. The molecule has 1 aromatic rings. The van der Waals surface area contributed by atoms with E-state index in [2.05, 4.69) is 38.1 Å². The fourth-order valence-corrected chi connectivity index (χ4v) is 2.50. The highest BCUT2D eigenvalue weighted by Gasteiger charge is 2.27. The van der Waals surface area contributed by atoms with Crippen molar-refractivity contribution in [1.29, 1.82) is 0 Å². The second-order valence-corrected chi connectivity index (χ2v) is 4.48. The number of fused-ring (bicyclic) bond motifs is 2. The third kappa shape index (κ3) is 0.861. The molecule has 2 atom stereocenters. The first kappa shape index (κ1) is 7.37. The summed E-state index contributed by atoms with van der Waals surface area (Å²) >= 11 is 0. The molecule has 3 rings (SSSR count). The van der Waals surface area contributed by atoms with Gasteiger partial charge in [-0.1, -0.05) is 38.1 Å². The van der Waals surface area contributed by atoms with Crippen LogP contribution in [0.25, 0.3) is 12.2 Å². The molecule has 0 saturated carbocycles. The first-order valence-corrected chi connectivity index (χ1v) is 5.10. The van der Waals surface area contributed by atoms with Crippen LogP contribution in [0, 0.1) is 5.92 Å². The zero-order valence-electron chi connectivity index (χ0n) is 8.17. The van der Waals surface area contributed by atoms with E-state index in [4.69, 9.17) is 0 Å². The summed E-state index contributed by atoms with van der Waals surface area (Å²) < 4.78 is 0. The van der Waals surface area contributed by atoms with Gasteiger partial charge >= 0.3 is 0 Å². The Morgan fingerprint density at radius 1 is 1.08 bits per heavy atom. The number of benzene rings is 1. The molecular weight excluding hydrogens is 156 g/mol. The van der Waals surface area contributed by atoms with Gasteiger partial charge in [-0.2, -0.15) is 0 Å². The molecule has 0 fully saturated rings. The summed E-state index contributed by atoms with van der Waals surface area (Å²) in [6.45, 7) is 4.71. The van der Waals surface area contributed by atoms with E-state index >= 15 is 0 Å². The van der Waals surface area contributed by atoms with Gasteiger partial charge in [0.05, 0.1) is 0 Å². The summed E-state index contributed by atoms with van der Waals surface area (Å²) in [5.41, 5.74) is 6.07. The molecule has 0 N–H and O–H groups in total. The number of rotatable bonds is 0. The van der Waals surface area contributed by atoms with E-state index < -0.39 is 0 Å². The fourth-order valence-electron chi connectivity index (χ4n) is 2.50. The molecule has 0 aromatic heterocycles. The van der Waals surface area contributed by atoms with Gasteiger partial charge in [0.1, 0.15) is 0 Å². The predicted molar refractivity (Wildman–Crippen MR) is 56.7 cm³/mol. The third-order valence-electron chi connectivity index (χ3n) is 3.67. The fraction of sp³-hybridized carbons (Fsp3) is 0.385. The molecule has 0 saturated heterocycles. The van der Waals surface area contributed by atoms with Crippen molar-refractivity contribution in [2.75, 3.05) is 0 Å². The molecule has 0 bridgehead atoms. The quantitative estimate of drug-likeness (QED) is 0.568. The topological polar surface area (TPSA) is 0 Å². The highest BCUT2D eigenvalue weighted by Crippen LogP contribution is 2.40. The SMILES string of the molecule is CC1Cc2cc3c(cc2C1C)C=C3. The maximum Gasteiger partial charge on any atom is -0.0159 e. The van der Waals surface area contributed by atoms with Crippen molar-refractivity contribution < 1.29 is 0 Å². The lowest BCUT2D eigenvalue weighted by Gasteiger charge is -2.14. The van der Waals surface area contributed by atoms with Crippen LogP contribution >= 0.6 is 0 Å². The average Bonchev–Trinajstić information content (AvgIpc) is 2.34. The number of hydrogen-bond donors (Lipinski definition) is 0. The minimum absolute atomic E-state index is 0.759. The molecule has 0 aliphatic heterocycles. The smallest absolute Gasteiger partial charge is 0.0159 e. The molecule has 0 nitrogen and oxygen atoms in total. The van der Waals surface area contributed by atoms with E-state index in [1.165, 1.54) is 17.5 Å². The van der Waals surface area contributed by atoms with Crippen molar-refractivity contribution in [3.8, 4) is 0 Å². The molecule has 0 radical (unpaired) electrons. The van der Waals surface area contributed by atoms with Gasteiger partial charge in [-0.15, -0.1) is 0 Å². The Bertz CT molecular complexity index is 399. The Labute approximate surface area is 79.3 Å². The molecule has 0 amide bonds. The van der Waals surface area contributed by atoms with E-state index in [1.54, 1.807) is 11.1 Å². The van der Waals surface area contributed by atoms with Crippen LogP contribution in [-0.2, 0) is 6.42 Å². The molecule has 0 heterocycles. The van der Waals surface area contributed by atoms with Crippen LogP contribution in [0.2, 0.25) is 0 Å². The van der Waals surface area contributed by atoms with Gasteiger partial charge in [0.25, 0.3) is 0 Å². The molecule has 2 unspecified atom stereocenters. The lowest BCUT2D eigenvalue weighted by Crippen LogP contribution is -1.98. The molecule has 66 valence electrons. The lowest BCUT2D eigenvalue weighted by atomic mass is 9.90. The Morgan fingerprint density at radius 2 is 1.77 bits per heavy atom. The van der Waals surface area contributed by atoms with Crippen LogP contribution in [0.4, 0.5) is 0 Å². The predicted octanol–water partition coefficient (Wildman–Crippen LogP) is 3.47. The highest BCUT2D eigenvalue weighted by atomic mass is 14.3. The van der Waals surface area contributed by atoms with Crippen LogP contribution in [0.1, 0.15) is 42.0 Å². The summed E-state index contributed by atoms with van der Waals surface area (Å²) in [7, 11) is 0. The van der Waals surface area contributed by atoms with Crippen molar-refractivity contribution in [2.45, 2.75) is 26.2 Å². The normalized spacial score (nSPS) is 28.2. The second kappa shape index (κ2) is 2.25. The maximum absolute atomic E-state index is 2.39. The van der Waals surface area contributed by atoms with Gasteiger partial charge in [0.15, 0.2) is 0 Å². The van der Waals surface area contributed by atoms with E-state index in [0.29, 0.717) is 0 Å². The summed E-state index contributed by atoms with van der Waals surface area (Å²) in [5, 5.41) is 0. The van der Waals surface area contributed by atoms with Gasteiger partial charge in [-0.25, -0.2) is 0 Å². The molecule has 2 aliphatic carbocycles. The minimum atomic E-state index is 0.759. The average molecular weight is 170 g/mol. The largest absolute Gasteiger partial charge is 0.0616 e. The monoisotopic (exact) mass is 170 g/mol. The maximum atomic E-state index is 2.39.